The number of aryl methyl sites for hydroxylation is 1. The number of halogens is 3. The summed E-state index contributed by atoms with van der Waals surface area (Å²) in [7, 11) is 1.50. The van der Waals surface area contributed by atoms with E-state index in [1.165, 1.54) is 33.8 Å². The van der Waals surface area contributed by atoms with Crippen LogP contribution in [-0.2, 0) is 13.0 Å². The molecule has 5 nitrogen and oxygen atoms in total. The van der Waals surface area contributed by atoms with Crippen LogP contribution in [0, 0.1) is 24.2 Å². The van der Waals surface area contributed by atoms with Crippen molar-refractivity contribution in [2.45, 2.75) is 79.4 Å². The van der Waals surface area contributed by atoms with E-state index in [1.807, 2.05) is 13.8 Å². The average molecular weight is 494 g/mol. The summed E-state index contributed by atoms with van der Waals surface area (Å²) in [6, 6.07) is 5.11. The molecule has 1 fully saturated rings. The maximum Gasteiger partial charge on any atom is 0.394 e. The van der Waals surface area contributed by atoms with Gasteiger partial charge in [0.05, 0.1) is 18.2 Å². The molecule has 2 aromatic rings. The van der Waals surface area contributed by atoms with Gasteiger partial charge in [0.2, 0.25) is 0 Å². The summed E-state index contributed by atoms with van der Waals surface area (Å²) < 4.78 is 47.5. The Bertz CT molecular complexity index is 1040. The SMILES string of the molecule is CCn1nc(C(=O)NCC2CCC(C)CC2)c(C)c1-c1ccc(CC(C)(C)C(F)(F)F)cc1OC. The second-order valence-electron chi connectivity index (χ2n) is 10.6. The van der Waals surface area contributed by atoms with Crippen LogP contribution in [-0.4, -0.2) is 35.5 Å². The molecule has 1 N–H and O–H groups in total. The molecule has 1 amide bonds. The largest absolute Gasteiger partial charge is 0.496 e. The van der Waals surface area contributed by atoms with E-state index >= 15 is 0 Å². The van der Waals surface area contributed by atoms with Gasteiger partial charge in [-0.1, -0.05) is 39.7 Å². The van der Waals surface area contributed by atoms with Crippen molar-refractivity contribution in [1.82, 2.24) is 15.1 Å². The molecule has 0 atom stereocenters. The Hall–Kier alpha value is -2.51. The van der Waals surface area contributed by atoms with Crippen molar-refractivity contribution in [1.29, 1.82) is 0 Å². The highest BCUT2D eigenvalue weighted by molar-refractivity contribution is 5.95. The van der Waals surface area contributed by atoms with Gasteiger partial charge >= 0.3 is 6.18 Å². The highest BCUT2D eigenvalue weighted by atomic mass is 19.4. The zero-order valence-corrected chi connectivity index (χ0v) is 21.7. The maximum atomic E-state index is 13.4. The molecule has 1 saturated carbocycles. The Kier molecular flexibility index (Phi) is 8.22. The third kappa shape index (κ3) is 6.01. The minimum atomic E-state index is -4.31. The number of rotatable bonds is 8. The van der Waals surface area contributed by atoms with Crippen LogP contribution in [0.4, 0.5) is 13.2 Å². The molecule has 194 valence electrons. The standard InChI is InChI=1S/C27H38F3N3O2/c1-7-33-24(18(3)23(32-33)25(34)31-16-19-10-8-17(2)9-11-19)21-13-12-20(14-22(21)35-6)15-26(4,5)27(28,29)30/h12-14,17,19H,7-11,15-16H2,1-6H3,(H,31,34). The fraction of sp³-hybridized carbons (Fsp3) is 0.630. The van der Waals surface area contributed by atoms with Gasteiger partial charge in [0.25, 0.3) is 5.91 Å². The van der Waals surface area contributed by atoms with Gasteiger partial charge in [0, 0.05) is 24.2 Å². The monoisotopic (exact) mass is 493 g/mol. The number of benzene rings is 1. The molecule has 1 heterocycles. The molecule has 1 aromatic heterocycles. The van der Waals surface area contributed by atoms with Gasteiger partial charge in [-0.05, 0) is 62.6 Å². The van der Waals surface area contributed by atoms with Crippen LogP contribution in [0.15, 0.2) is 18.2 Å². The van der Waals surface area contributed by atoms with Crippen LogP contribution in [0.25, 0.3) is 11.3 Å². The fourth-order valence-electron chi connectivity index (χ4n) is 4.84. The molecule has 0 aliphatic heterocycles. The summed E-state index contributed by atoms with van der Waals surface area (Å²) in [6.07, 6.45) is 0.184. The smallest absolute Gasteiger partial charge is 0.394 e. The fourth-order valence-corrected chi connectivity index (χ4v) is 4.84. The highest BCUT2D eigenvalue weighted by Crippen LogP contribution is 2.42. The van der Waals surface area contributed by atoms with Crippen molar-refractivity contribution in [3.05, 3.63) is 35.0 Å². The number of carbonyl (C=O) groups excluding carboxylic acids is 1. The molecule has 35 heavy (non-hydrogen) atoms. The van der Waals surface area contributed by atoms with Crippen molar-refractivity contribution in [2.75, 3.05) is 13.7 Å². The summed E-state index contributed by atoms with van der Waals surface area (Å²) >= 11 is 0. The molecule has 0 unspecified atom stereocenters. The lowest BCUT2D eigenvalue weighted by Crippen LogP contribution is -2.34. The van der Waals surface area contributed by atoms with E-state index in [9.17, 15) is 18.0 Å². The van der Waals surface area contributed by atoms with E-state index in [0.717, 1.165) is 30.0 Å². The van der Waals surface area contributed by atoms with Crippen molar-refractivity contribution in [3.8, 4) is 17.0 Å². The first-order chi connectivity index (χ1) is 16.4. The van der Waals surface area contributed by atoms with Gasteiger partial charge in [0.15, 0.2) is 5.69 Å². The Labute approximate surface area is 206 Å². The van der Waals surface area contributed by atoms with Crippen LogP contribution >= 0.6 is 0 Å². The molecule has 1 aliphatic rings. The van der Waals surface area contributed by atoms with Crippen LogP contribution in [0.2, 0.25) is 0 Å². The number of aromatic nitrogens is 2. The zero-order chi connectivity index (χ0) is 26.0. The normalized spacial score (nSPS) is 19.0. The number of methoxy groups -OCH3 is 1. The van der Waals surface area contributed by atoms with Crippen molar-refractivity contribution in [2.24, 2.45) is 17.3 Å². The van der Waals surface area contributed by atoms with Crippen LogP contribution in [0.5, 0.6) is 5.75 Å². The van der Waals surface area contributed by atoms with Gasteiger partial charge in [-0.15, -0.1) is 0 Å². The van der Waals surface area contributed by atoms with E-state index in [-0.39, 0.29) is 12.3 Å². The van der Waals surface area contributed by atoms with E-state index in [4.69, 9.17) is 4.74 Å². The Morgan fingerprint density at radius 3 is 2.43 bits per heavy atom. The van der Waals surface area contributed by atoms with Gasteiger partial charge in [-0.3, -0.25) is 9.48 Å². The van der Waals surface area contributed by atoms with Crippen molar-refractivity contribution in [3.63, 3.8) is 0 Å². The summed E-state index contributed by atoms with van der Waals surface area (Å²) in [5.74, 6) is 1.52. The Morgan fingerprint density at radius 1 is 1.20 bits per heavy atom. The number of alkyl halides is 3. The Balaban J connectivity index is 1.86. The lowest BCUT2D eigenvalue weighted by Gasteiger charge is -2.28. The first-order valence-corrected chi connectivity index (χ1v) is 12.5. The molecule has 8 heteroatoms. The van der Waals surface area contributed by atoms with Crippen LogP contribution in [0.1, 0.15) is 75.0 Å². The molecular formula is C27H38F3N3O2. The molecule has 0 radical (unpaired) electrons. The number of ether oxygens (including phenoxy) is 1. The van der Waals surface area contributed by atoms with E-state index in [1.54, 1.807) is 22.9 Å². The van der Waals surface area contributed by atoms with Gasteiger partial charge in [-0.2, -0.15) is 18.3 Å². The van der Waals surface area contributed by atoms with E-state index in [2.05, 4.69) is 17.3 Å². The molecule has 0 saturated heterocycles. The summed E-state index contributed by atoms with van der Waals surface area (Å²) in [5, 5.41) is 7.64. The second-order valence-corrected chi connectivity index (χ2v) is 10.6. The maximum absolute atomic E-state index is 13.4. The minimum Gasteiger partial charge on any atom is -0.496 e. The molecular weight excluding hydrogens is 455 g/mol. The molecule has 1 aromatic carbocycles. The van der Waals surface area contributed by atoms with Crippen molar-refractivity contribution >= 4 is 5.91 Å². The summed E-state index contributed by atoms with van der Waals surface area (Å²) in [6.45, 7) is 9.64. The number of amides is 1. The molecule has 0 spiro atoms. The number of carbonyl (C=O) groups is 1. The second kappa shape index (κ2) is 10.6. The Morgan fingerprint density at radius 2 is 1.86 bits per heavy atom. The number of nitrogens with zero attached hydrogens (tertiary/aromatic N) is 2. The first-order valence-electron chi connectivity index (χ1n) is 12.5. The van der Waals surface area contributed by atoms with E-state index in [0.29, 0.717) is 41.6 Å². The predicted molar refractivity (Wildman–Crippen MR) is 132 cm³/mol. The van der Waals surface area contributed by atoms with Crippen LogP contribution in [0.3, 0.4) is 0 Å². The summed E-state index contributed by atoms with van der Waals surface area (Å²) in [4.78, 5) is 13.0. The lowest BCUT2D eigenvalue weighted by molar-refractivity contribution is -0.211. The zero-order valence-electron chi connectivity index (χ0n) is 21.7. The highest BCUT2D eigenvalue weighted by Gasteiger charge is 2.47. The van der Waals surface area contributed by atoms with E-state index < -0.39 is 11.6 Å². The number of nitrogens with one attached hydrogen (secondary N) is 1. The van der Waals surface area contributed by atoms with Gasteiger partial charge < -0.3 is 10.1 Å². The topological polar surface area (TPSA) is 56.2 Å². The third-order valence-electron chi connectivity index (χ3n) is 7.33. The average Bonchev–Trinajstić information content (AvgIpc) is 3.13. The van der Waals surface area contributed by atoms with Gasteiger partial charge in [-0.25, -0.2) is 0 Å². The first kappa shape index (κ1) is 27.1. The van der Waals surface area contributed by atoms with Crippen molar-refractivity contribution < 1.29 is 22.7 Å². The van der Waals surface area contributed by atoms with Crippen LogP contribution < -0.4 is 10.1 Å². The quantitative estimate of drug-likeness (QED) is 0.452. The molecule has 0 bridgehead atoms. The number of hydrogen-bond acceptors (Lipinski definition) is 3. The minimum absolute atomic E-state index is 0.160. The predicted octanol–water partition coefficient (Wildman–Crippen LogP) is 6.57. The molecule has 3 rings (SSSR count). The van der Waals surface area contributed by atoms with Gasteiger partial charge in [0.1, 0.15) is 5.75 Å². The summed E-state index contributed by atoms with van der Waals surface area (Å²) in [5.41, 5.74) is 1.21. The number of hydrogen-bond donors (Lipinski definition) is 1. The lowest BCUT2D eigenvalue weighted by atomic mass is 9.83. The molecule has 1 aliphatic carbocycles. The third-order valence-corrected chi connectivity index (χ3v) is 7.33.